The van der Waals surface area contributed by atoms with E-state index in [0.717, 1.165) is 11.8 Å². The molecule has 0 spiro atoms. The second-order valence-corrected chi connectivity index (χ2v) is 9.78. The van der Waals surface area contributed by atoms with Gasteiger partial charge in [0.05, 0.1) is 29.2 Å². The lowest BCUT2D eigenvalue weighted by Crippen LogP contribution is -2.49. The molecule has 0 bridgehead atoms. The van der Waals surface area contributed by atoms with E-state index in [0.29, 0.717) is 32.4 Å². The number of thioether (sulfide) groups is 1. The number of benzene rings is 1. The lowest BCUT2D eigenvalue weighted by atomic mass is 9.90. The lowest BCUT2D eigenvalue weighted by molar-refractivity contribution is -0.120. The van der Waals surface area contributed by atoms with Crippen molar-refractivity contribution in [2.75, 3.05) is 5.75 Å². The van der Waals surface area contributed by atoms with Crippen molar-refractivity contribution in [3.05, 3.63) is 64.5 Å². The fourth-order valence-corrected chi connectivity index (χ4v) is 5.03. The molecule has 0 fully saturated rings. The van der Waals surface area contributed by atoms with Crippen LogP contribution in [0.2, 0.25) is 0 Å². The van der Waals surface area contributed by atoms with E-state index in [1.807, 2.05) is 55.6 Å². The zero-order valence-corrected chi connectivity index (χ0v) is 20.0. The molecule has 1 amide bonds. The first-order chi connectivity index (χ1) is 15.8. The minimum absolute atomic E-state index is 0.0190. The lowest BCUT2D eigenvalue weighted by Gasteiger charge is -2.27. The molecule has 0 saturated carbocycles. The summed E-state index contributed by atoms with van der Waals surface area (Å²) in [7, 11) is 0. The normalized spacial score (nSPS) is 13.1. The summed E-state index contributed by atoms with van der Waals surface area (Å²) in [6.07, 6.45) is 1.57. The minimum atomic E-state index is -0.972. The predicted octanol–water partition coefficient (Wildman–Crippen LogP) is 4.85. The first kappa shape index (κ1) is 22.8. The van der Waals surface area contributed by atoms with Gasteiger partial charge in [0.25, 0.3) is 5.56 Å². The number of nitriles is 1. The molecule has 7 nitrogen and oxygen atoms in total. The van der Waals surface area contributed by atoms with Gasteiger partial charge >= 0.3 is 0 Å². The van der Waals surface area contributed by atoms with E-state index in [9.17, 15) is 14.9 Å². The van der Waals surface area contributed by atoms with Gasteiger partial charge in [-0.05, 0) is 37.1 Å². The summed E-state index contributed by atoms with van der Waals surface area (Å²) in [4.78, 5) is 31.6. The Bertz CT molecular complexity index is 1390. The highest BCUT2D eigenvalue weighted by Crippen LogP contribution is 2.33. The van der Waals surface area contributed by atoms with Crippen LogP contribution in [-0.4, -0.2) is 26.8 Å². The van der Waals surface area contributed by atoms with E-state index in [1.165, 1.54) is 15.9 Å². The Balaban J connectivity index is 1.75. The van der Waals surface area contributed by atoms with E-state index in [2.05, 4.69) is 11.4 Å². The number of hydrogen-bond acceptors (Lipinski definition) is 7. The molecule has 3 aromatic heterocycles. The number of para-hydroxylation sites is 1. The van der Waals surface area contributed by atoms with Gasteiger partial charge in [-0.1, -0.05) is 43.8 Å². The molecular formula is C24H22N4O3S2. The number of hydrogen-bond donors (Lipinski definition) is 1. The van der Waals surface area contributed by atoms with Crippen molar-refractivity contribution in [2.45, 2.75) is 31.5 Å². The van der Waals surface area contributed by atoms with Crippen LogP contribution in [0.25, 0.3) is 27.2 Å². The smallest absolute Gasteiger partial charge is 0.268 e. The quantitative estimate of drug-likeness (QED) is 0.301. The summed E-state index contributed by atoms with van der Waals surface area (Å²) in [5.74, 6) is 0.267. The molecule has 1 aromatic carbocycles. The molecule has 0 unspecified atom stereocenters. The van der Waals surface area contributed by atoms with Gasteiger partial charge in [0.1, 0.15) is 16.1 Å². The molecular weight excluding hydrogens is 456 g/mol. The number of rotatable bonds is 7. The van der Waals surface area contributed by atoms with E-state index in [4.69, 9.17) is 9.40 Å². The van der Waals surface area contributed by atoms with Crippen LogP contribution in [0.1, 0.15) is 20.8 Å². The first-order valence-electron chi connectivity index (χ1n) is 10.3. The number of nitrogens with one attached hydrogen (secondary N) is 1. The Morgan fingerprint density at radius 3 is 2.70 bits per heavy atom. The Morgan fingerprint density at radius 1 is 1.30 bits per heavy atom. The maximum Gasteiger partial charge on any atom is 0.268 e. The number of furan rings is 1. The molecule has 168 valence electrons. The van der Waals surface area contributed by atoms with Crippen LogP contribution >= 0.6 is 23.1 Å². The molecule has 0 aliphatic rings. The molecule has 0 aliphatic heterocycles. The maximum absolute atomic E-state index is 13.7. The van der Waals surface area contributed by atoms with Crippen LogP contribution in [-0.2, 0) is 4.79 Å². The number of aromatic nitrogens is 2. The fraction of sp³-hybridized carbons (Fsp3) is 0.250. The van der Waals surface area contributed by atoms with Crippen molar-refractivity contribution in [1.82, 2.24) is 14.9 Å². The van der Waals surface area contributed by atoms with Crippen molar-refractivity contribution < 1.29 is 9.21 Å². The van der Waals surface area contributed by atoms with Gasteiger partial charge in [-0.15, -0.1) is 11.3 Å². The third-order valence-electron chi connectivity index (χ3n) is 5.50. The van der Waals surface area contributed by atoms with Crippen LogP contribution in [0.3, 0.4) is 0 Å². The topological polar surface area (TPSA) is 101 Å². The van der Waals surface area contributed by atoms with Gasteiger partial charge in [-0.2, -0.15) is 5.26 Å². The van der Waals surface area contributed by atoms with Crippen LogP contribution in [0, 0.1) is 17.2 Å². The van der Waals surface area contributed by atoms with Crippen molar-refractivity contribution in [3.63, 3.8) is 0 Å². The molecule has 0 saturated heterocycles. The number of carbonyl (C=O) groups excluding carboxylic acids is 1. The molecule has 1 N–H and O–H groups in total. The molecule has 3 heterocycles. The largest absolute Gasteiger partial charge is 0.464 e. The average molecular weight is 479 g/mol. The van der Waals surface area contributed by atoms with E-state index >= 15 is 0 Å². The molecule has 4 aromatic rings. The number of carbonyl (C=O) groups is 1. The van der Waals surface area contributed by atoms with Gasteiger partial charge in [-0.3, -0.25) is 14.2 Å². The average Bonchev–Trinajstić information content (AvgIpc) is 3.48. The number of nitrogens with zero attached hydrogens (tertiary/aromatic N) is 3. The molecule has 0 radical (unpaired) electrons. The van der Waals surface area contributed by atoms with E-state index in [-0.39, 0.29) is 23.1 Å². The summed E-state index contributed by atoms with van der Waals surface area (Å²) in [6, 6.07) is 15.0. The van der Waals surface area contributed by atoms with E-state index < -0.39 is 5.54 Å². The van der Waals surface area contributed by atoms with Crippen LogP contribution in [0.5, 0.6) is 0 Å². The number of thiophene rings is 1. The van der Waals surface area contributed by atoms with Crippen molar-refractivity contribution in [1.29, 1.82) is 5.26 Å². The Kier molecular flexibility index (Phi) is 6.40. The van der Waals surface area contributed by atoms with Gasteiger partial charge in [0.2, 0.25) is 5.91 Å². The molecule has 33 heavy (non-hydrogen) atoms. The minimum Gasteiger partial charge on any atom is -0.464 e. The zero-order chi connectivity index (χ0) is 23.6. The predicted molar refractivity (Wildman–Crippen MR) is 131 cm³/mol. The third kappa shape index (κ3) is 4.45. The summed E-state index contributed by atoms with van der Waals surface area (Å²) < 4.78 is 7.04. The van der Waals surface area contributed by atoms with Gasteiger partial charge in [0.15, 0.2) is 5.16 Å². The highest BCUT2D eigenvalue weighted by molar-refractivity contribution is 7.99. The Hall–Kier alpha value is -3.35. The van der Waals surface area contributed by atoms with Crippen LogP contribution in [0.4, 0.5) is 0 Å². The molecule has 4 rings (SSSR count). The molecule has 0 aliphatic carbocycles. The number of amides is 1. The summed E-state index contributed by atoms with van der Waals surface area (Å²) in [6.45, 7) is 5.46. The SMILES string of the molecule is CC(C)[C@@](C)(C#N)NC(=O)CSc1nc2scc(-c3ccco3)c2c(=O)n1-c1ccccc1. The first-order valence-corrected chi connectivity index (χ1v) is 12.2. The van der Waals surface area contributed by atoms with Gasteiger partial charge < -0.3 is 9.73 Å². The Labute approximate surface area is 199 Å². The summed E-state index contributed by atoms with van der Waals surface area (Å²) in [5.41, 5.74) is 0.143. The monoisotopic (exact) mass is 478 g/mol. The Morgan fingerprint density at radius 2 is 2.06 bits per heavy atom. The van der Waals surface area contributed by atoms with Gasteiger partial charge in [-0.25, -0.2) is 4.98 Å². The molecule has 1 atom stereocenters. The van der Waals surface area contributed by atoms with Crippen molar-refractivity contribution >= 4 is 39.2 Å². The zero-order valence-electron chi connectivity index (χ0n) is 18.4. The summed E-state index contributed by atoms with van der Waals surface area (Å²) in [5, 5.41) is 15.0. The second kappa shape index (κ2) is 9.25. The third-order valence-corrected chi connectivity index (χ3v) is 7.31. The van der Waals surface area contributed by atoms with Crippen molar-refractivity contribution in [2.24, 2.45) is 5.92 Å². The highest BCUT2D eigenvalue weighted by atomic mass is 32.2. The number of fused-ring (bicyclic) bond motifs is 1. The maximum atomic E-state index is 13.7. The standard InChI is InChI=1S/C24H22N4O3S2/c1-15(2)24(3,14-25)27-19(29)13-33-23-26-21-20(17(12-32-21)18-10-7-11-31-18)22(30)28(23)16-8-5-4-6-9-16/h4-12,15H,13H2,1-3H3,(H,27,29)/t24-/m1/s1. The summed E-state index contributed by atoms with van der Waals surface area (Å²) >= 11 is 2.52. The van der Waals surface area contributed by atoms with Crippen LogP contribution < -0.4 is 10.9 Å². The van der Waals surface area contributed by atoms with Gasteiger partial charge in [0, 0.05) is 10.9 Å². The second-order valence-electron chi connectivity index (χ2n) is 7.98. The molecule has 9 heteroatoms. The van der Waals surface area contributed by atoms with Crippen molar-refractivity contribution in [3.8, 4) is 23.1 Å². The highest BCUT2D eigenvalue weighted by Gasteiger charge is 2.30. The van der Waals surface area contributed by atoms with Crippen LogP contribution in [0.15, 0.2) is 68.5 Å². The van der Waals surface area contributed by atoms with E-state index in [1.54, 1.807) is 19.3 Å². The fourth-order valence-electron chi connectivity index (χ4n) is 3.24.